The van der Waals surface area contributed by atoms with Gasteiger partial charge in [-0.15, -0.1) is 0 Å². The predicted molar refractivity (Wildman–Crippen MR) is 65.7 cm³/mol. The van der Waals surface area contributed by atoms with Crippen molar-refractivity contribution in [3.05, 3.63) is 35.6 Å². The van der Waals surface area contributed by atoms with Gasteiger partial charge in [0.1, 0.15) is 11.9 Å². The van der Waals surface area contributed by atoms with E-state index in [1.807, 2.05) is 25.1 Å². The minimum absolute atomic E-state index is 0.230. The van der Waals surface area contributed by atoms with Crippen LogP contribution in [-0.2, 0) is 14.3 Å². The van der Waals surface area contributed by atoms with Crippen LogP contribution in [0.15, 0.2) is 30.0 Å². The second kappa shape index (κ2) is 4.84. The van der Waals surface area contributed by atoms with Crippen molar-refractivity contribution >= 4 is 5.97 Å². The van der Waals surface area contributed by atoms with E-state index in [9.17, 15) is 4.79 Å². The van der Waals surface area contributed by atoms with Crippen LogP contribution in [0.5, 0.6) is 11.5 Å². The topological polar surface area (TPSA) is 54.0 Å². The second-order valence-corrected chi connectivity index (χ2v) is 4.29. The molecule has 19 heavy (non-hydrogen) atoms. The molecule has 0 aromatic heterocycles. The monoisotopic (exact) mass is 262 g/mol. The second-order valence-electron chi connectivity index (χ2n) is 4.29. The molecule has 0 amide bonds. The molecule has 1 unspecified atom stereocenters. The summed E-state index contributed by atoms with van der Waals surface area (Å²) in [5, 5.41) is 0. The zero-order valence-corrected chi connectivity index (χ0v) is 10.5. The van der Waals surface area contributed by atoms with Gasteiger partial charge < -0.3 is 18.9 Å². The fourth-order valence-electron chi connectivity index (χ4n) is 2.17. The highest BCUT2D eigenvalue weighted by atomic mass is 16.7. The number of esters is 1. The van der Waals surface area contributed by atoms with E-state index in [0.717, 1.165) is 5.56 Å². The van der Waals surface area contributed by atoms with Crippen LogP contribution in [0.2, 0.25) is 0 Å². The SMILES string of the molecule is CCOC1=CC(=O)OC(c2ccc3c(c2)OCO3)C1. The van der Waals surface area contributed by atoms with Gasteiger partial charge in [-0.3, -0.25) is 0 Å². The third kappa shape index (κ3) is 2.36. The van der Waals surface area contributed by atoms with Crippen molar-refractivity contribution in [1.82, 2.24) is 0 Å². The number of carbonyl (C=O) groups excluding carboxylic acids is 1. The normalized spacial score (nSPS) is 20.8. The molecule has 2 heterocycles. The summed E-state index contributed by atoms with van der Waals surface area (Å²) in [6.07, 6.45) is 1.60. The third-order valence-corrected chi connectivity index (χ3v) is 3.02. The van der Waals surface area contributed by atoms with Crippen LogP contribution in [0.25, 0.3) is 0 Å². The first-order valence-corrected chi connectivity index (χ1v) is 6.20. The molecule has 0 bridgehead atoms. The summed E-state index contributed by atoms with van der Waals surface area (Å²) in [7, 11) is 0. The maximum atomic E-state index is 11.5. The Bertz CT molecular complexity index is 535. The van der Waals surface area contributed by atoms with E-state index in [0.29, 0.717) is 30.3 Å². The summed E-state index contributed by atoms with van der Waals surface area (Å²) in [5.74, 6) is 1.67. The lowest BCUT2D eigenvalue weighted by Gasteiger charge is -2.23. The van der Waals surface area contributed by atoms with Crippen LogP contribution >= 0.6 is 0 Å². The van der Waals surface area contributed by atoms with Gasteiger partial charge in [-0.25, -0.2) is 4.79 Å². The molecule has 1 atom stereocenters. The van der Waals surface area contributed by atoms with Crippen LogP contribution in [0.1, 0.15) is 25.0 Å². The Hall–Kier alpha value is -2.17. The maximum absolute atomic E-state index is 11.5. The molecule has 0 saturated heterocycles. The Balaban J connectivity index is 1.83. The molecule has 0 spiro atoms. The van der Waals surface area contributed by atoms with Gasteiger partial charge in [0.05, 0.1) is 12.7 Å². The van der Waals surface area contributed by atoms with E-state index in [1.165, 1.54) is 6.08 Å². The van der Waals surface area contributed by atoms with Gasteiger partial charge in [0.15, 0.2) is 11.5 Å². The van der Waals surface area contributed by atoms with Crippen LogP contribution in [0.4, 0.5) is 0 Å². The van der Waals surface area contributed by atoms with E-state index < -0.39 is 0 Å². The van der Waals surface area contributed by atoms with Crippen molar-refractivity contribution in [2.75, 3.05) is 13.4 Å². The van der Waals surface area contributed by atoms with Gasteiger partial charge in [0, 0.05) is 6.42 Å². The molecule has 0 aliphatic carbocycles. The Kier molecular flexibility index (Phi) is 3.03. The highest BCUT2D eigenvalue weighted by molar-refractivity contribution is 5.83. The highest BCUT2D eigenvalue weighted by Crippen LogP contribution is 2.37. The van der Waals surface area contributed by atoms with Crippen LogP contribution < -0.4 is 9.47 Å². The lowest BCUT2D eigenvalue weighted by molar-refractivity contribution is -0.145. The zero-order valence-electron chi connectivity index (χ0n) is 10.5. The zero-order chi connectivity index (χ0) is 13.2. The third-order valence-electron chi connectivity index (χ3n) is 3.02. The van der Waals surface area contributed by atoms with Crippen molar-refractivity contribution in [2.24, 2.45) is 0 Å². The number of rotatable bonds is 3. The molecule has 5 heteroatoms. The summed E-state index contributed by atoms with van der Waals surface area (Å²) >= 11 is 0. The highest BCUT2D eigenvalue weighted by Gasteiger charge is 2.26. The summed E-state index contributed by atoms with van der Waals surface area (Å²) in [6.45, 7) is 2.65. The summed E-state index contributed by atoms with van der Waals surface area (Å²) in [5.41, 5.74) is 0.878. The molecular formula is C14H14O5. The predicted octanol–water partition coefficient (Wildman–Crippen LogP) is 2.32. The first-order valence-electron chi connectivity index (χ1n) is 6.20. The van der Waals surface area contributed by atoms with Gasteiger partial charge >= 0.3 is 5.97 Å². The molecule has 2 aliphatic heterocycles. The number of benzene rings is 1. The van der Waals surface area contributed by atoms with E-state index in [4.69, 9.17) is 18.9 Å². The molecule has 0 radical (unpaired) electrons. The minimum atomic E-state index is -0.377. The number of ether oxygens (including phenoxy) is 4. The molecule has 1 aromatic rings. The molecule has 3 rings (SSSR count). The number of hydrogen-bond donors (Lipinski definition) is 0. The molecular weight excluding hydrogens is 248 g/mol. The summed E-state index contributed by atoms with van der Waals surface area (Å²) in [4.78, 5) is 11.5. The summed E-state index contributed by atoms with van der Waals surface area (Å²) < 4.78 is 21.3. The van der Waals surface area contributed by atoms with E-state index in [-0.39, 0.29) is 18.9 Å². The fraction of sp³-hybridized carbons (Fsp3) is 0.357. The fourth-order valence-corrected chi connectivity index (χ4v) is 2.17. The average Bonchev–Trinajstić information content (AvgIpc) is 2.85. The van der Waals surface area contributed by atoms with E-state index in [2.05, 4.69) is 0 Å². The van der Waals surface area contributed by atoms with Crippen molar-refractivity contribution in [3.63, 3.8) is 0 Å². The Morgan fingerprint density at radius 2 is 2.16 bits per heavy atom. The van der Waals surface area contributed by atoms with E-state index >= 15 is 0 Å². The number of carbonyl (C=O) groups is 1. The van der Waals surface area contributed by atoms with Crippen molar-refractivity contribution in [3.8, 4) is 11.5 Å². The molecule has 1 aromatic carbocycles. The standard InChI is InChI=1S/C14H14O5/c1-2-16-10-6-12(19-14(15)7-10)9-3-4-11-13(5-9)18-8-17-11/h3-5,7,12H,2,6,8H2,1H3. The summed E-state index contributed by atoms with van der Waals surface area (Å²) in [6, 6.07) is 5.54. The molecule has 0 N–H and O–H groups in total. The number of hydrogen-bond acceptors (Lipinski definition) is 5. The van der Waals surface area contributed by atoms with Gasteiger partial charge in [0.2, 0.25) is 6.79 Å². The van der Waals surface area contributed by atoms with Gasteiger partial charge in [-0.05, 0) is 24.6 Å². The van der Waals surface area contributed by atoms with Crippen molar-refractivity contribution in [1.29, 1.82) is 0 Å². The van der Waals surface area contributed by atoms with E-state index in [1.54, 1.807) is 0 Å². The van der Waals surface area contributed by atoms with Crippen molar-refractivity contribution < 1.29 is 23.7 Å². The van der Waals surface area contributed by atoms with Crippen LogP contribution in [-0.4, -0.2) is 19.4 Å². The first kappa shape index (κ1) is 11.9. The molecule has 5 nitrogen and oxygen atoms in total. The molecule has 0 saturated carbocycles. The van der Waals surface area contributed by atoms with Gasteiger partial charge in [-0.2, -0.15) is 0 Å². The van der Waals surface area contributed by atoms with Gasteiger partial charge in [0.25, 0.3) is 0 Å². The lowest BCUT2D eigenvalue weighted by atomic mass is 10.0. The number of cyclic esters (lactones) is 1. The Morgan fingerprint density at radius 1 is 1.32 bits per heavy atom. The number of fused-ring (bicyclic) bond motifs is 1. The largest absolute Gasteiger partial charge is 0.498 e. The van der Waals surface area contributed by atoms with Gasteiger partial charge in [-0.1, -0.05) is 6.07 Å². The molecule has 0 fully saturated rings. The minimum Gasteiger partial charge on any atom is -0.498 e. The first-order chi connectivity index (χ1) is 9.26. The Morgan fingerprint density at radius 3 is 3.00 bits per heavy atom. The average molecular weight is 262 g/mol. The smallest absolute Gasteiger partial charge is 0.334 e. The Labute approximate surface area is 110 Å². The maximum Gasteiger partial charge on any atom is 0.334 e. The molecule has 2 aliphatic rings. The van der Waals surface area contributed by atoms with Crippen LogP contribution in [0, 0.1) is 0 Å². The van der Waals surface area contributed by atoms with Crippen LogP contribution in [0.3, 0.4) is 0 Å². The molecule has 100 valence electrons. The quantitative estimate of drug-likeness (QED) is 0.782. The van der Waals surface area contributed by atoms with Crippen molar-refractivity contribution in [2.45, 2.75) is 19.4 Å². The lowest BCUT2D eigenvalue weighted by Crippen LogP contribution is -2.17.